The first kappa shape index (κ1) is 23.0. The summed E-state index contributed by atoms with van der Waals surface area (Å²) in [7, 11) is 0. The van der Waals surface area contributed by atoms with Crippen LogP contribution in [0.4, 0.5) is 10.1 Å². The third kappa shape index (κ3) is 3.90. The van der Waals surface area contributed by atoms with E-state index in [1.54, 1.807) is 31.2 Å². The molecule has 0 saturated heterocycles. The zero-order valence-electron chi connectivity index (χ0n) is 18.9. The van der Waals surface area contributed by atoms with E-state index in [2.05, 4.69) is 0 Å². The number of fused-ring (bicyclic) bond motifs is 2. The van der Waals surface area contributed by atoms with E-state index in [0.717, 1.165) is 17.0 Å². The highest BCUT2D eigenvalue weighted by atomic mass is 19.1. The first-order valence-corrected chi connectivity index (χ1v) is 11.0. The molecule has 0 fully saturated rings. The van der Waals surface area contributed by atoms with Crippen LogP contribution in [0.25, 0.3) is 11.0 Å². The third-order valence-corrected chi connectivity index (χ3v) is 5.71. The van der Waals surface area contributed by atoms with Crippen LogP contribution in [0.2, 0.25) is 0 Å². The van der Waals surface area contributed by atoms with Gasteiger partial charge in [-0.05, 0) is 55.5 Å². The van der Waals surface area contributed by atoms with Gasteiger partial charge in [0.15, 0.2) is 0 Å². The van der Waals surface area contributed by atoms with Crippen molar-refractivity contribution in [3.63, 3.8) is 0 Å². The van der Waals surface area contributed by atoms with Gasteiger partial charge in [0.1, 0.15) is 18.0 Å². The largest absolute Gasteiger partial charge is 0.460 e. The molecule has 0 radical (unpaired) electrons. The predicted molar refractivity (Wildman–Crippen MR) is 125 cm³/mol. The number of furan rings is 1. The quantitative estimate of drug-likeness (QED) is 0.281. The van der Waals surface area contributed by atoms with Crippen molar-refractivity contribution in [2.75, 3.05) is 11.5 Å². The van der Waals surface area contributed by atoms with E-state index >= 15 is 0 Å². The standard InChI is InChI=1S/C27H18FNO7/c1-2-34-27(33)23-21(18-5-3-4-6-22(18)36-23)14-35-26(32)15-7-12-19-20(13-15)25(31)29(24(19)30)17-10-8-16(28)9-11-17/h3-13H,2,14H2,1H3. The Bertz CT molecular complexity index is 1540. The van der Waals surface area contributed by atoms with Crippen molar-refractivity contribution in [2.45, 2.75) is 13.5 Å². The zero-order chi connectivity index (χ0) is 25.4. The Hall–Kier alpha value is -4.79. The Morgan fingerprint density at radius 3 is 2.36 bits per heavy atom. The van der Waals surface area contributed by atoms with Crippen LogP contribution in [0.15, 0.2) is 71.1 Å². The van der Waals surface area contributed by atoms with Gasteiger partial charge in [-0.2, -0.15) is 0 Å². The summed E-state index contributed by atoms with van der Waals surface area (Å²) >= 11 is 0. The van der Waals surface area contributed by atoms with Crippen LogP contribution >= 0.6 is 0 Å². The average Bonchev–Trinajstić information content (AvgIpc) is 3.38. The van der Waals surface area contributed by atoms with Crippen molar-refractivity contribution < 1.29 is 37.5 Å². The number of ether oxygens (including phenoxy) is 2. The molecule has 9 heteroatoms. The lowest BCUT2D eigenvalue weighted by Crippen LogP contribution is -2.29. The van der Waals surface area contributed by atoms with Gasteiger partial charge in [-0.1, -0.05) is 18.2 Å². The Kier molecular flexibility index (Phi) is 5.81. The Morgan fingerprint density at radius 2 is 1.61 bits per heavy atom. The molecule has 0 saturated carbocycles. The second-order valence-corrected chi connectivity index (χ2v) is 7.88. The highest BCUT2D eigenvalue weighted by molar-refractivity contribution is 6.34. The molecule has 3 aromatic carbocycles. The highest BCUT2D eigenvalue weighted by Gasteiger charge is 2.37. The molecule has 180 valence electrons. The van der Waals surface area contributed by atoms with Crippen molar-refractivity contribution >= 4 is 40.4 Å². The second kappa shape index (κ2) is 9.10. The number of amides is 2. The lowest BCUT2D eigenvalue weighted by Gasteiger charge is -2.13. The molecule has 4 aromatic rings. The summed E-state index contributed by atoms with van der Waals surface area (Å²) in [6.45, 7) is 1.53. The number of para-hydroxylation sites is 1. The summed E-state index contributed by atoms with van der Waals surface area (Å²) in [6.07, 6.45) is 0. The average molecular weight is 487 g/mol. The maximum Gasteiger partial charge on any atom is 0.374 e. The molecule has 1 aliphatic rings. The molecule has 2 heterocycles. The Morgan fingerprint density at radius 1 is 0.889 bits per heavy atom. The van der Waals surface area contributed by atoms with Gasteiger partial charge in [-0.25, -0.2) is 18.9 Å². The summed E-state index contributed by atoms with van der Waals surface area (Å²) in [6, 6.07) is 15.9. The van der Waals surface area contributed by atoms with Crippen molar-refractivity contribution in [3.05, 3.63) is 101 Å². The fourth-order valence-corrected chi connectivity index (χ4v) is 4.02. The summed E-state index contributed by atoms with van der Waals surface area (Å²) in [5.41, 5.74) is 1.19. The van der Waals surface area contributed by atoms with Crippen molar-refractivity contribution in [1.82, 2.24) is 0 Å². The van der Waals surface area contributed by atoms with Gasteiger partial charge in [-0.3, -0.25) is 9.59 Å². The Balaban J connectivity index is 1.39. The van der Waals surface area contributed by atoms with Crippen molar-refractivity contribution in [2.24, 2.45) is 0 Å². The first-order chi connectivity index (χ1) is 17.4. The van der Waals surface area contributed by atoms with E-state index in [4.69, 9.17) is 13.9 Å². The lowest BCUT2D eigenvalue weighted by atomic mass is 10.1. The van der Waals surface area contributed by atoms with E-state index in [1.165, 1.54) is 30.3 Å². The number of imide groups is 1. The summed E-state index contributed by atoms with van der Waals surface area (Å²) < 4.78 is 29.4. The minimum Gasteiger partial charge on any atom is -0.460 e. The Labute approximate surface area is 203 Å². The number of esters is 2. The molecule has 0 unspecified atom stereocenters. The van der Waals surface area contributed by atoms with Gasteiger partial charge in [0.05, 0.1) is 34.5 Å². The molecule has 0 atom stereocenters. The van der Waals surface area contributed by atoms with Crippen LogP contribution in [0.1, 0.15) is 54.1 Å². The fraction of sp³-hybridized carbons (Fsp3) is 0.111. The fourth-order valence-electron chi connectivity index (χ4n) is 4.02. The van der Waals surface area contributed by atoms with E-state index in [1.807, 2.05) is 0 Å². The number of nitrogens with zero attached hydrogens (tertiary/aromatic N) is 1. The number of halogens is 1. The van der Waals surface area contributed by atoms with Gasteiger partial charge in [0, 0.05) is 5.39 Å². The van der Waals surface area contributed by atoms with Crippen molar-refractivity contribution in [1.29, 1.82) is 0 Å². The van der Waals surface area contributed by atoms with Crippen LogP contribution < -0.4 is 4.90 Å². The number of anilines is 1. The summed E-state index contributed by atoms with van der Waals surface area (Å²) in [5.74, 6) is -3.22. The molecule has 2 amide bonds. The molecule has 0 spiro atoms. The molecular formula is C27H18FNO7. The monoisotopic (exact) mass is 487 g/mol. The molecule has 36 heavy (non-hydrogen) atoms. The van der Waals surface area contributed by atoms with Gasteiger partial charge in [-0.15, -0.1) is 0 Å². The first-order valence-electron chi connectivity index (χ1n) is 11.0. The maximum atomic E-state index is 13.3. The molecule has 1 aliphatic heterocycles. The number of rotatable bonds is 6. The molecule has 1 aromatic heterocycles. The van der Waals surface area contributed by atoms with Gasteiger partial charge in [0.2, 0.25) is 5.76 Å². The normalized spacial score (nSPS) is 12.7. The minimum atomic E-state index is -0.765. The van der Waals surface area contributed by atoms with Crippen LogP contribution in [0.5, 0.6) is 0 Å². The minimum absolute atomic E-state index is 0.0275. The number of hydrogen-bond donors (Lipinski definition) is 0. The topological polar surface area (TPSA) is 103 Å². The molecule has 5 rings (SSSR count). The van der Waals surface area contributed by atoms with Crippen LogP contribution in [0, 0.1) is 5.82 Å². The van der Waals surface area contributed by atoms with Gasteiger partial charge >= 0.3 is 11.9 Å². The molecule has 0 N–H and O–H groups in total. The second-order valence-electron chi connectivity index (χ2n) is 7.88. The molecule has 0 bridgehead atoms. The smallest absolute Gasteiger partial charge is 0.374 e. The number of benzene rings is 3. The maximum absolute atomic E-state index is 13.3. The third-order valence-electron chi connectivity index (χ3n) is 5.71. The van der Waals surface area contributed by atoms with Gasteiger partial charge < -0.3 is 13.9 Å². The molecule has 0 aliphatic carbocycles. The highest BCUT2D eigenvalue weighted by Crippen LogP contribution is 2.30. The summed E-state index contributed by atoms with van der Waals surface area (Å²) in [5, 5.41) is 0.595. The van der Waals surface area contributed by atoms with Crippen LogP contribution in [0.3, 0.4) is 0 Å². The van der Waals surface area contributed by atoms with Crippen LogP contribution in [-0.2, 0) is 16.1 Å². The number of carbonyl (C=O) groups is 4. The lowest BCUT2D eigenvalue weighted by molar-refractivity contribution is 0.0435. The van der Waals surface area contributed by atoms with Crippen molar-refractivity contribution in [3.8, 4) is 0 Å². The number of carbonyl (C=O) groups excluding carboxylic acids is 4. The van der Waals surface area contributed by atoms with Crippen LogP contribution in [-0.4, -0.2) is 30.4 Å². The zero-order valence-corrected chi connectivity index (χ0v) is 18.9. The van der Waals surface area contributed by atoms with E-state index in [-0.39, 0.29) is 41.4 Å². The molecular weight excluding hydrogens is 469 g/mol. The molecule has 8 nitrogen and oxygen atoms in total. The van der Waals surface area contributed by atoms with E-state index < -0.39 is 29.6 Å². The van der Waals surface area contributed by atoms with Gasteiger partial charge in [0.25, 0.3) is 11.8 Å². The predicted octanol–water partition coefficient (Wildman–Crippen LogP) is 4.91. The summed E-state index contributed by atoms with van der Waals surface area (Å²) in [4.78, 5) is 51.8. The van der Waals surface area contributed by atoms with E-state index in [0.29, 0.717) is 16.5 Å². The van der Waals surface area contributed by atoms with E-state index in [9.17, 15) is 23.6 Å². The SMILES string of the molecule is CCOC(=O)c1oc2ccccc2c1COC(=O)c1ccc2c(c1)C(=O)N(c1ccc(F)cc1)C2=O. The number of hydrogen-bond acceptors (Lipinski definition) is 7.